The van der Waals surface area contributed by atoms with Crippen LogP contribution in [0.4, 0.5) is 0 Å². The number of carboxylic acid groups (broad SMARTS) is 1. The second-order valence-corrected chi connectivity index (χ2v) is 8.30. The van der Waals surface area contributed by atoms with Crippen LogP contribution in [0, 0.1) is 32.6 Å². The third-order valence-corrected chi connectivity index (χ3v) is 6.32. The van der Waals surface area contributed by atoms with E-state index in [9.17, 15) is 18.3 Å². The molecule has 2 rings (SSSR count). The molecule has 0 aromatic heterocycles. The lowest BCUT2D eigenvalue weighted by Crippen LogP contribution is -2.45. The fourth-order valence-corrected chi connectivity index (χ4v) is 5.40. The van der Waals surface area contributed by atoms with Crippen molar-refractivity contribution >= 4 is 16.0 Å². The Kier molecular flexibility index (Phi) is 4.63. The van der Waals surface area contributed by atoms with Gasteiger partial charge in [0.2, 0.25) is 10.0 Å². The van der Waals surface area contributed by atoms with Crippen LogP contribution in [0.1, 0.15) is 30.0 Å². The van der Waals surface area contributed by atoms with Crippen molar-refractivity contribution in [3.8, 4) is 0 Å². The van der Waals surface area contributed by atoms with E-state index in [0.29, 0.717) is 29.0 Å². The highest BCUT2D eigenvalue weighted by Gasteiger charge is 2.37. The summed E-state index contributed by atoms with van der Waals surface area (Å²) in [6.07, 6.45) is 0.521. The van der Waals surface area contributed by atoms with Gasteiger partial charge in [-0.2, -0.15) is 4.31 Å². The molecular formula is C16H23NO4S. The maximum atomic E-state index is 13.0. The van der Waals surface area contributed by atoms with Crippen LogP contribution in [0.5, 0.6) is 0 Å². The van der Waals surface area contributed by atoms with E-state index < -0.39 is 21.9 Å². The molecule has 1 aromatic rings. The Bertz CT molecular complexity index is 673. The number of carbonyl (C=O) groups is 1. The lowest BCUT2D eigenvalue weighted by Gasteiger charge is -2.34. The lowest BCUT2D eigenvalue weighted by atomic mass is 9.92. The van der Waals surface area contributed by atoms with Crippen molar-refractivity contribution in [2.24, 2.45) is 11.8 Å². The molecule has 0 saturated carbocycles. The van der Waals surface area contributed by atoms with Crippen LogP contribution in [-0.2, 0) is 14.8 Å². The number of piperidine rings is 1. The first kappa shape index (κ1) is 17.0. The zero-order valence-corrected chi connectivity index (χ0v) is 14.3. The molecule has 0 bridgehead atoms. The van der Waals surface area contributed by atoms with E-state index in [4.69, 9.17) is 0 Å². The van der Waals surface area contributed by atoms with Gasteiger partial charge in [-0.3, -0.25) is 4.79 Å². The van der Waals surface area contributed by atoms with Crippen LogP contribution in [0.15, 0.2) is 17.0 Å². The Hall–Kier alpha value is -1.40. The van der Waals surface area contributed by atoms with Crippen molar-refractivity contribution in [1.29, 1.82) is 0 Å². The number of benzene rings is 1. The molecule has 2 atom stereocenters. The van der Waals surface area contributed by atoms with Gasteiger partial charge >= 0.3 is 5.97 Å². The number of aryl methyl sites for hydroxylation is 3. The van der Waals surface area contributed by atoms with Crippen molar-refractivity contribution in [1.82, 2.24) is 4.31 Å². The Morgan fingerprint density at radius 2 is 1.73 bits per heavy atom. The molecule has 1 fully saturated rings. The molecule has 1 N–H and O–H groups in total. The third kappa shape index (κ3) is 3.17. The number of sulfonamides is 1. The van der Waals surface area contributed by atoms with Crippen molar-refractivity contribution in [2.75, 3.05) is 13.1 Å². The molecular weight excluding hydrogens is 302 g/mol. The number of nitrogens with zero attached hydrogens (tertiary/aromatic N) is 1. The molecule has 22 heavy (non-hydrogen) atoms. The van der Waals surface area contributed by atoms with Gasteiger partial charge in [-0.15, -0.1) is 0 Å². The molecule has 0 radical (unpaired) electrons. The molecule has 0 aliphatic carbocycles. The Labute approximate surface area is 132 Å². The summed E-state index contributed by atoms with van der Waals surface area (Å²) in [6.45, 7) is 7.82. The first-order chi connectivity index (χ1) is 10.1. The van der Waals surface area contributed by atoms with Gasteiger partial charge in [0.1, 0.15) is 0 Å². The lowest BCUT2D eigenvalue weighted by molar-refractivity contribution is -0.143. The molecule has 0 amide bonds. The zero-order chi connectivity index (χ0) is 16.7. The van der Waals surface area contributed by atoms with Gasteiger partial charge in [0.25, 0.3) is 0 Å². The summed E-state index contributed by atoms with van der Waals surface area (Å²) in [5, 5.41) is 9.23. The van der Waals surface area contributed by atoms with E-state index in [1.54, 1.807) is 13.8 Å². The third-order valence-electron chi connectivity index (χ3n) is 4.18. The standard InChI is InChI=1S/C16H23NO4S/c1-10-5-12(3)15(13(4)6-10)22(20,21)17-8-11(2)7-14(9-17)16(18)19/h5-6,11,14H,7-9H2,1-4H3,(H,18,19). The maximum Gasteiger partial charge on any atom is 0.307 e. The normalized spacial score (nSPS) is 23.5. The van der Waals surface area contributed by atoms with Crippen LogP contribution < -0.4 is 0 Å². The number of rotatable bonds is 3. The van der Waals surface area contributed by atoms with Gasteiger partial charge in [-0.25, -0.2) is 8.42 Å². The molecule has 1 heterocycles. The summed E-state index contributed by atoms with van der Waals surface area (Å²) >= 11 is 0. The summed E-state index contributed by atoms with van der Waals surface area (Å²) in [4.78, 5) is 11.6. The van der Waals surface area contributed by atoms with E-state index in [-0.39, 0.29) is 12.5 Å². The van der Waals surface area contributed by atoms with Gasteiger partial charge < -0.3 is 5.11 Å². The fraction of sp³-hybridized carbons (Fsp3) is 0.562. The minimum Gasteiger partial charge on any atom is -0.481 e. The number of aliphatic carboxylic acids is 1. The number of carboxylic acids is 1. The Morgan fingerprint density at radius 3 is 2.23 bits per heavy atom. The van der Waals surface area contributed by atoms with E-state index in [0.717, 1.165) is 5.56 Å². The van der Waals surface area contributed by atoms with Crippen molar-refractivity contribution in [3.63, 3.8) is 0 Å². The summed E-state index contributed by atoms with van der Waals surface area (Å²) in [7, 11) is -3.67. The summed E-state index contributed by atoms with van der Waals surface area (Å²) in [5.41, 5.74) is 2.44. The SMILES string of the molecule is Cc1cc(C)c(S(=O)(=O)N2CC(C)CC(C(=O)O)C2)c(C)c1. The summed E-state index contributed by atoms with van der Waals surface area (Å²) < 4.78 is 27.3. The van der Waals surface area contributed by atoms with Crippen LogP contribution in [-0.4, -0.2) is 36.9 Å². The average molecular weight is 325 g/mol. The van der Waals surface area contributed by atoms with Crippen molar-refractivity contribution in [3.05, 3.63) is 28.8 Å². The largest absolute Gasteiger partial charge is 0.481 e. The zero-order valence-electron chi connectivity index (χ0n) is 13.5. The molecule has 5 nitrogen and oxygen atoms in total. The topological polar surface area (TPSA) is 74.7 Å². The molecule has 1 aromatic carbocycles. The predicted molar refractivity (Wildman–Crippen MR) is 84.3 cm³/mol. The highest BCUT2D eigenvalue weighted by molar-refractivity contribution is 7.89. The minimum atomic E-state index is -3.67. The van der Waals surface area contributed by atoms with Gasteiger partial charge in [-0.05, 0) is 44.2 Å². The second-order valence-electron chi connectivity index (χ2n) is 6.43. The van der Waals surface area contributed by atoms with Gasteiger partial charge in [0, 0.05) is 13.1 Å². The molecule has 1 aliphatic rings. The highest BCUT2D eigenvalue weighted by atomic mass is 32.2. The van der Waals surface area contributed by atoms with E-state index in [1.165, 1.54) is 4.31 Å². The second kappa shape index (κ2) is 6.01. The predicted octanol–water partition coefficient (Wildman–Crippen LogP) is 2.34. The smallest absolute Gasteiger partial charge is 0.307 e. The van der Waals surface area contributed by atoms with Crippen LogP contribution in [0.3, 0.4) is 0 Å². The minimum absolute atomic E-state index is 0.0377. The molecule has 0 spiro atoms. The molecule has 6 heteroatoms. The van der Waals surface area contributed by atoms with Crippen molar-refractivity contribution in [2.45, 2.75) is 39.0 Å². The van der Waals surface area contributed by atoms with E-state index >= 15 is 0 Å². The Morgan fingerprint density at radius 1 is 1.18 bits per heavy atom. The van der Waals surface area contributed by atoms with Gasteiger partial charge in [0.05, 0.1) is 10.8 Å². The molecule has 122 valence electrons. The van der Waals surface area contributed by atoms with E-state index in [2.05, 4.69) is 0 Å². The summed E-state index contributed by atoms with van der Waals surface area (Å²) in [6, 6.07) is 3.70. The van der Waals surface area contributed by atoms with Crippen LogP contribution >= 0.6 is 0 Å². The first-order valence-electron chi connectivity index (χ1n) is 7.43. The quantitative estimate of drug-likeness (QED) is 0.925. The number of hydrogen-bond donors (Lipinski definition) is 1. The summed E-state index contributed by atoms with van der Waals surface area (Å²) in [5.74, 6) is -1.52. The molecule has 1 saturated heterocycles. The maximum absolute atomic E-state index is 13.0. The highest BCUT2D eigenvalue weighted by Crippen LogP contribution is 2.30. The van der Waals surface area contributed by atoms with Crippen molar-refractivity contribution < 1.29 is 18.3 Å². The molecule has 2 unspecified atom stereocenters. The number of hydrogen-bond acceptors (Lipinski definition) is 3. The fourth-order valence-electron chi connectivity index (χ4n) is 3.38. The van der Waals surface area contributed by atoms with Gasteiger partial charge in [-0.1, -0.05) is 24.6 Å². The first-order valence-corrected chi connectivity index (χ1v) is 8.87. The molecule has 1 aliphatic heterocycles. The van der Waals surface area contributed by atoms with Gasteiger partial charge in [0.15, 0.2) is 0 Å². The monoisotopic (exact) mass is 325 g/mol. The van der Waals surface area contributed by atoms with Crippen LogP contribution in [0.2, 0.25) is 0 Å². The van der Waals surface area contributed by atoms with E-state index in [1.807, 2.05) is 26.0 Å². The Balaban J connectivity index is 2.44. The van der Waals surface area contributed by atoms with Crippen LogP contribution in [0.25, 0.3) is 0 Å². The average Bonchev–Trinajstić information content (AvgIpc) is 2.36.